The number of likely N-dealkylation sites (tertiary alicyclic amines) is 1. The summed E-state index contributed by atoms with van der Waals surface area (Å²) < 4.78 is 0. The van der Waals surface area contributed by atoms with Gasteiger partial charge in [-0.3, -0.25) is 9.89 Å². The number of nitrogens with zero attached hydrogens (tertiary/aromatic N) is 2. The van der Waals surface area contributed by atoms with Crippen molar-refractivity contribution < 1.29 is 4.79 Å². The van der Waals surface area contributed by atoms with E-state index >= 15 is 0 Å². The van der Waals surface area contributed by atoms with E-state index in [9.17, 15) is 4.79 Å². The summed E-state index contributed by atoms with van der Waals surface area (Å²) in [6.45, 7) is 4.88. The number of H-pyrrole nitrogens is 1. The maximum atomic E-state index is 12.8. The van der Waals surface area contributed by atoms with Crippen molar-refractivity contribution in [1.29, 1.82) is 0 Å². The van der Waals surface area contributed by atoms with Gasteiger partial charge in [0, 0.05) is 6.54 Å². The van der Waals surface area contributed by atoms with Crippen LogP contribution >= 0.6 is 11.3 Å². The van der Waals surface area contributed by atoms with E-state index in [-0.39, 0.29) is 11.9 Å². The average molecular weight is 289 g/mol. The number of nitrogens with one attached hydrogen (secondary N) is 1. The van der Waals surface area contributed by atoms with Crippen molar-refractivity contribution in [1.82, 2.24) is 15.1 Å². The smallest absolute Gasteiger partial charge is 0.264 e. The highest BCUT2D eigenvalue weighted by Crippen LogP contribution is 2.33. The van der Waals surface area contributed by atoms with Crippen molar-refractivity contribution in [2.75, 3.05) is 6.54 Å². The summed E-state index contributed by atoms with van der Waals surface area (Å²) in [5, 5.41) is 9.18. The normalized spacial score (nSPS) is 19.3. The zero-order valence-electron chi connectivity index (χ0n) is 11.8. The largest absolute Gasteiger partial charge is 0.329 e. The summed E-state index contributed by atoms with van der Waals surface area (Å²) in [4.78, 5) is 15.7. The van der Waals surface area contributed by atoms with E-state index in [0.29, 0.717) is 0 Å². The quantitative estimate of drug-likeness (QED) is 0.920. The van der Waals surface area contributed by atoms with E-state index in [1.165, 1.54) is 11.3 Å². The van der Waals surface area contributed by atoms with Crippen LogP contribution in [0.1, 0.15) is 51.8 Å². The lowest BCUT2D eigenvalue weighted by molar-refractivity contribution is 0.0610. The first-order chi connectivity index (χ1) is 9.68. The van der Waals surface area contributed by atoms with Crippen LogP contribution in [0.3, 0.4) is 0 Å². The number of piperidine rings is 1. The lowest BCUT2D eigenvalue weighted by atomic mass is 9.97. The van der Waals surface area contributed by atoms with E-state index in [1.807, 2.05) is 36.4 Å². The molecule has 1 amide bonds. The summed E-state index contributed by atoms with van der Waals surface area (Å²) in [5.74, 6) is 0.163. The van der Waals surface area contributed by atoms with Gasteiger partial charge in [-0.15, -0.1) is 11.3 Å². The molecule has 1 aliphatic rings. The third kappa shape index (κ3) is 2.26. The van der Waals surface area contributed by atoms with Crippen LogP contribution in [0.2, 0.25) is 0 Å². The molecule has 1 atom stereocenters. The van der Waals surface area contributed by atoms with Crippen LogP contribution in [0.5, 0.6) is 0 Å². The van der Waals surface area contributed by atoms with Gasteiger partial charge in [0.2, 0.25) is 0 Å². The number of hydrogen-bond donors (Lipinski definition) is 1. The van der Waals surface area contributed by atoms with Crippen LogP contribution in [0.4, 0.5) is 0 Å². The molecule has 1 N–H and O–H groups in total. The number of thiophene rings is 1. The lowest BCUT2D eigenvalue weighted by Crippen LogP contribution is -2.38. The molecular formula is C15H19N3OS. The molecule has 20 heavy (non-hydrogen) atoms. The van der Waals surface area contributed by atoms with Gasteiger partial charge in [-0.05, 0) is 55.7 Å². The predicted octanol–water partition coefficient (Wildman–Crippen LogP) is 3.46. The Balaban J connectivity index is 1.92. The molecule has 3 heterocycles. The molecule has 1 aliphatic heterocycles. The third-order valence-corrected chi connectivity index (χ3v) is 5.03. The molecule has 3 rings (SSSR count). The van der Waals surface area contributed by atoms with Gasteiger partial charge in [-0.25, -0.2) is 0 Å². The van der Waals surface area contributed by atoms with Gasteiger partial charge >= 0.3 is 0 Å². The van der Waals surface area contributed by atoms with Crippen molar-refractivity contribution in [3.8, 4) is 0 Å². The maximum Gasteiger partial charge on any atom is 0.264 e. The Morgan fingerprint density at radius 3 is 2.90 bits per heavy atom. The fourth-order valence-electron chi connectivity index (χ4n) is 2.89. The Hall–Kier alpha value is -1.62. The number of aryl methyl sites for hydroxylation is 2. The zero-order valence-corrected chi connectivity index (χ0v) is 12.7. The van der Waals surface area contributed by atoms with Crippen LogP contribution < -0.4 is 0 Å². The monoisotopic (exact) mass is 289 g/mol. The molecule has 0 unspecified atom stereocenters. The van der Waals surface area contributed by atoms with Crippen molar-refractivity contribution in [2.24, 2.45) is 0 Å². The number of aromatic nitrogens is 2. The van der Waals surface area contributed by atoms with E-state index < -0.39 is 0 Å². The predicted molar refractivity (Wildman–Crippen MR) is 80.0 cm³/mol. The van der Waals surface area contributed by atoms with Gasteiger partial charge in [0.05, 0.1) is 22.8 Å². The minimum absolute atomic E-state index is 0.139. The molecule has 0 spiro atoms. The Bertz CT molecular complexity index is 616. The van der Waals surface area contributed by atoms with Crippen LogP contribution in [-0.2, 0) is 0 Å². The standard InChI is InChI=1S/C15H19N3OS/c1-10-6-8-20-14(10)15(19)18-7-4-3-5-12(18)13-11(2)9-16-17-13/h6,8-9,12H,3-5,7H2,1-2H3,(H,16,17)/t12-/m0/s1. The van der Waals surface area contributed by atoms with Gasteiger partial charge in [-0.1, -0.05) is 0 Å². The molecule has 0 radical (unpaired) electrons. The second-order valence-corrected chi connectivity index (χ2v) is 6.33. The maximum absolute atomic E-state index is 12.8. The number of hydrogen-bond acceptors (Lipinski definition) is 3. The molecule has 1 saturated heterocycles. The molecule has 0 bridgehead atoms. The van der Waals surface area contributed by atoms with Gasteiger partial charge in [0.15, 0.2) is 0 Å². The van der Waals surface area contributed by atoms with E-state index in [4.69, 9.17) is 0 Å². The second kappa shape index (κ2) is 5.40. The number of rotatable bonds is 2. The second-order valence-electron chi connectivity index (χ2n) is 5.41. The fourth-order valence-corrected chi connectivity index (χ4v) is 3.77. The van der Waals surface area contributed by atoms with Crippen LogP contribution in [0, 0.1) is 13.8 Å². The summed E-state index contributed by atoms with van der Waals surface area (Å²) in [6, 6.07) is 2.15. The van der Waals surface area contributed by atoms with Gasteiger partial charge in [0.25, 0.3) is 5.91 Å². The van der Waals surface area contributed by atoms with Crippen LogP contribution in [0.15, 0.2) is 17.6 Å². The SMILES string of the molecule is Cc1cn[nH]c1[C@@H]1CCCCN1C(=O)c1sccc1C. The van der Waals surface area contributed by atoms with Crippen molar-refractivity contribution >= 4 is 17.2 Å². The first-order valence-electron chi connectivity index (χ1n) is 7.03. The zero-order chi connectivity index (χ0) is 14.1. The average Bonchev–Trinajstić information content (AvgIpc) is 3.06. The molecule has 0 aliphatic carbocycles. The number of amides is 1. The first-order valence-corrected chi connectivity index (χ1v) is 7.91. The molecule has 1 fully saturated rings. The lowest BCUT2D eigenvalue weighted by Gasteiger charge is -2.35. The van der Waals surface area contributed by atoms with Crippen molar-refractivity contribution in [3.05, 3.63) is 39.3 Å². The molecule has 2 aromatic heterocycles. The molecule has 4 nitrogen and oxygen atoms in total. The van der Waals surface area contributed by atoms with Crippen molar-refractivity contribution in [3.63, 3.8) is 0 Å². The first kappa shape index (κ1) is 13.4. The topological polar surface area (TPSA) is 49.0 Å². The molecule has 0 aromatic carbocycles. The number of carbonyl (C=O) groups excluding carboxylic acids is 1. The summed E-state index contributed by atoms with van der Waals surface area (Å²) in [5.41, 5.74) is 3.30. The number of aromatic amines is 1. The Labute approximate surface area is 122 Å². The Kier molecular flexibility index (Phi) is 3.61. The van der Waals surface area contributed by atoms with E-state index in [2.05, 4.69) is 10.2 Å². The summed E-state index contributed by atoms with van der Waals surface area (Å²) in [7, 11) is 0. The van der Waals surface area contributed by atoms with Gasteiger partial charge < -0.3 is 4.90 Å². The van der Waals surface area contributed by atoms with Gasteiger partial charge in [0.1, 0.15) is 0 Å². The van der Waals surface area contributed by atoms with Crippen LogP contribution in [0.25, 0.3) is 0 Å². The highest BCUT2D eigenvalue weighted by atomic mass is 32.1. The molecule has 0 saturated carbocycles. The minimum atomic E-state index is 0.139. The van der Waals surface area contributed by atoms with E-state index in [0.717, 1.165) is 47.5 Å². The van der Waals surface area contributed by atoms with Crippen molar-refractivity contribution in [2.45, 2.75) is 39.2 Å². The minimum Gasteiger partial charge on any atom is -0.329 e. The molecule has 106 valence electrons. The Morgan fingerprint density at radius 2 is 2.25 bits per heavy atom. The molecule has 5 heteroatoms. The van der Waals surface area contributed by atoms with E-state index in [1.54, 1.807) is 0 Å². The van der Waals surface area contributed by atoms with Crippen LogP contribution in [-0.4, -0.2) is 27.5 Å². The highest BCUT2D eigenvalue weighted by Gasteiger charge is 2.31. The highest BCUT2D eigenvalue weighted by molar-refractivity contribution is 7.12. The Morgan fingerprint density at radius 1 is 1.40 bits per heavy atom. The molecular weight excluding hydrogens is 270 g/mol. The van der Waals surface area contributed by atoms with Gasteiger partial charge in [-0.2, -0.15) is 5.10 Å². The number of carbonyl (C=O) groups is 1. The molecule has 2 aromatic rings. The third-order valence-electron chi connectivity index (χ3n) is 4.02. The summed E-state index contributed by atoms with van der Waals surface area (Å²) >= 11 is 1.54. The fraction of sp³-hybridized carbons (Fsp3) is 0.467. The summed E-state index contributed by atoms with van der Waals surface area (Å²) in [6.07, 6.45) is 5.10.